The lowest BCUT2D eigenvalue weighted by atomic mass is 10.1. The topological polar surface area (TPSA) is 63.4 Å². The lowest BCUT2D eigenvalue weighted by Crippen LogP contribution is -2.35. The third-order valence-electron chi connectivity index (χ3n) is 3.65. The number of thiocarbonyl (C=S) groups is 1. The summed E-state index contributed by atoms with van der Waals surface area (Å²) in [5.74, 6) is -0.699. The summed E-state index contributed by atoms with van der Waals surface area (Å²) in [6.45, 7) is 0.908. The second-order valence-corrected chi connectivity index (χ2v) is 7.50. The van der Waals surface area contributed by atoms with Gasteiger partial charge in [-0.15, -0.1) is 0 Å². The highest BCUT2D eigenvalue weighted by molar-refractivity contribution is 7.89. The van der Waals surface area contributed by atoms with Crippen LogP contribution in [0.15, 0.2) is 23.1 Å². The Morgan fingerprint density at radius 3 is 2.29 bits per heavy atom. The van der Waals surface area contributed by atoms with Crippen LogP contribution in [0.25, 0.3) is 0 Å². The van der Waals surface area contributed by atoms with E-state index in [1.807, 2.05) is 0 Å². The molecule has 0 aliphatic carbocycles. The first-order valence-corrected chi connectivity index (χ1v) is 8.88. The van der Waals surface area contributed by atoms with Crippen LogP contribution < -0.4 is 5.73 Å². The monoisotopic (exact) mass is 330 g/mol. The molecule has 0 bridgehead atoms. The number of hydrogen-bond acceptors (Lipinski definition) is 3. The molecule has 2 rings (SSSR count). The van der Waals surface area contributed by atoms with E-state index in [4.69, 9.17) is 18.0 Å². The molecule has 1 aliphatic heterocycles. The molecule has 0 atom stereocenters. The summed E-state index contributed by atoms with van der Waals surface area (Å²) in [4.78, 5) is -0.366. The van der Waals surface area contributed by atoms with Crippen molar-refractivity contribution in [2.24, 2.45) is 5.73 Å². The highest BCUT2D eigenvalue weighted by atomic mass is 32.2. The maximum absolute atomic E-state index is 13.9. The van der Waals surface area contributed by atoms with E-state index >= 15 is 0 Å². The molecule has 2 N–H and O–H groups in total. The summed E-state index contributed by atoms with van der Waals surface area (Å²) in [7, 11) is -3.77. The fourth-order valence-electron chi connectivity index (χ4n) is 2.56. The van der Waals surface area contributed by atoms with E-state index < -0.39 is 15.8 Å². The summed E-state index contributed by atoms with van der Waals surface area (Å²) in [5.41, 5.74) is 5.32. The Bertz CT molecular complexity index is 624. The Labute approximate surface area is 130 Å². The van der Waals surface area contributed by atoms with Crippen LogP contribution in [0.1, 0.15) is 37.7 Å². The van der Waals surface area contributed by atoms with Crippen molar-refractivity contribution < 1.29 is 12.8 Å². The van der Waals surface area contributed by atoms with Crippen LogP contribution in [0.4, 0.5) is 4.39 Å². The minimum atomic E-state index is -3.77. The molecule has 116 valence electrons. The molecule has 0 spiro atoms. The van der Waals surface area contributed by atoms with Crippen molar-refractivity contribution in [1.82, 2.24) is 4.31 Å². The van der Waals surface area contributed by atoms with E-state index in [-0.39, 0.29) is 15.4 Å². The molecule has 21 heavy (non-hydrogen) atoms. The molecule has 1 heterocycles. The zero-order chi connectivity index (χ0) is 15.5. The van der Waals surface area contributed by atoms with Gasteiger partial charge >= 0.3 is 0 Å². The van der Waals surface area contributed by atoms with Gasteiger partial charge in [-0.05, 0) is 25.0 Å². The van der Waals surface area contributed by atoms with Gasteiger partial charge in [0.1, 0.15) is 10.8 Å². The van der Waals surface area contributed by atoms with Crippen molar-refractivity contribution in [2.45, 2.75) is 37.0 Å². The highest BCUT2D eigenvalue weighted by Gasteiger charge is 2.29. The largest absolute Gasteiger partial charge is 0.389 e. The molecule has 0 saturated carbocycles. The molecule has 0 aromatic heterocycles. The average Bonchev–Trinajstić information content (AvgIpc) is 2.36. The number of benzene rings is 1. The van der Waals surface area contributed by atoms with Gasteiger partial charge < -0.3 is 5.73 Å². The average molecular weight is 330 g/mol. The van der Waals surface area contributed by atoms with Crippen molar-refractivity contribution in [3.8, 4) is 0 Å². The molecule has 0 amide bonds. The van der Waals surface area contributed by atoms with Gasteiger partial charge in [-0.1, -0.05) is 37.5 Å². The zero-order valence-corrected chi connectivity index (χ0v) is 13.4. The van der Waals surface area contributed by atoms with Gasteiger partial charge in [-0.2, -0.15) is 4.31 Å². The summed E-state index contributed by atoms with van der Waals surface area (Å²) < 4.78 is 40.9. The number of nitrogens with zero attached hydrogens (tertiary/aromatic N) is 1. The van der Waals surface area contributed by atoms with E-state index in [0.29, 0.717) is 13.1 Å². The quantitative estimate of drug-likeness (QED) is 0.865. The van der Waals surface area contributed by atoms with Gasteiger partial charge in [0.15, 0.2) is 0 Å². The minimum Gasteiger partial charge on any atom is -0.389 e. The third-order valence-corrected chi connectivity index (χ3v) is 5.80. The lowest BCUT2D eigenvalue weighted by molar-refractivity contribution is 0.364. The van der Waals surface area contributed by atoms with Crippen LogP contribution in [0, 0.1) is 5.82 Å². The summed E-state index contributed by atoms with van der Waals surface area (Å²) in [6, 6.07) is 3.90. The molecule has 1 aromatic rings. The number of halogens is 1. The van der Waals surface area contributed by atoms with Crippen molar-refractivity contribution in [3.63, 3.8) is 0 Å². The van der Waals surface area contributed by atoms with Crippen LogP contribution in [0.2, 0.25) is 0 Å². The number of nitrogens with two attached hydrogens (primary N) is 1. The van der Waals surface area contributed by atoms with Crippen molar-refractivity contribution in [1.29, 1.82) is 0 Å². The first-order chi connectivity index (χ1) is 9.94. The first-order valence-electron chi connectivity index (χ1n) is 7.03. The molecule has 1 saturated heterocycles. The minimum absolute atomic E-state index is 0.129. The maximum Gasteiger partial charge on any atom is 0.243 e. The van der Waals surface area contributed by atoms with Gasteiger partial charge in [0.05, 0.1) is 10.5 Å². The Kier molecular flexibility index (Phi) is 5.29. The molecule has 1 aromatic carbocycles. The van der Waals surface area contributed by atoms with Gasteiger partial charge in [0.25, 0.3) is 0 Å². The van der Waals surface area contributed by atoms with Crippen LogP contribution in [-0.2, 0) is 10.0 Å². The van der Waals surface area contributed by atoms with E-state index in [0.717, 1.165) is 32.1 Å². The molecule has 1 fully saturated rings. The van der Waals surface area contributed by atoms with E-state index in [2.05, 4.69) is 0 Å². The number of rotatable bonds is 3. The predicted molar refractivity (Wildman–Crippen MR) is 84.1 cm³/mol. The maximum atomic E-state index is 13.9. The van der Waals surface area contributed by atoms with E-state index in [9.17, 15) is 12.8 Å². The summed E-state index contributed by atoms with van der Waals surface area (Å²) >= 11 is 4.81. The van der Waals surface area contributed by atoms with Crippen molar-refractivity contribution in [2.75, 3.05) is 13.1 Å². The van der Waals surface area contributed by atoms with Crippen LogP contribution >= 0.6 is 12.2 Å². The van der Waals surface area contributed by atoms with Gasteiger partial charge in [-0.25, -0.2) is 12.8 Å². The molecule has 0 unspecified atom stereocenters. The van der Waals surface area contributed by atoms with E-state index in [1.54, 1.807) is 0 Å². The summed E-state index contributed by atoms with van der Waals surface area (Å²) in [6.07, 6.45) is 4.79. The zero-order valence-electron chi connectivity index (χ0n) is 11.7. The molecular formula is C14H19FN2O2S2. The summed E-state index contributed by atoms with van der Waals surface area (Å²) in [5, 5.41) is 0. The van der Waals surface area contributed by atoms with Crippen LogP contribution in [0.5, 0.6) is 0 Å². The third kappa shape index (κ3) is 3.59. The van der Waals surface area contributed by atoms with Crippen molar-refractivity contribution in [3.05, 3.63) is 29.6 Å². The first kappa shape index (κ1) is 16.3. The molecule has 7 heteroatoms. The van der Waals surface area contributed by atoms with Crippen LogP contribution in [-0.4, -0.2) is 30.8 Å². The molecular weight excluding hydrogens is 311 g/mol. The van der Waals surface area contributed by atoms with Gasteiger partial charge in [0, 0.05) is 13.1 Å². The van der Waals surface area contributed by atoms with Gasteiger partial charge in [-0.3, -0.25) is 0 Å². The molecule has 4 nitrogen and oxygen atoms in total. The predicted octanol–water partition coefficient (Wildman–Crippen LogP) is 2.41. The Morgan fingerprint density at radius 2 is 1.71 bits per heavy atom. The Balaban J connectivity index is 2.43. The van der Waals surface area contributed by atoms with Crippen LogP contribution in [0.3, 0.4) is 0 Å². The highest BCUT2D eigenvalue weighted by Crippen LogP contribution is 2.24. The number of hydrogen-bond donors (Lipinski definition) is 1. The smallest absolute Gasteiger partial charge is 0.243 e. The lowest BCUT2D eigenvalue weighted by Gasteiger charge is -2.25. The molecule has 1 aliphatic rings. The van der Waals surface area contributed by atoms with Gasteiger partial charge in [0.2, 0.25) is 10.0 Å². The van der Waals surface area contributed by atoms with E-state index in [1.165, 1.54) is 22.5 Å². The second kappa shape index (κ2) is 6.81. The normalized spacial score (nSPS) is 18.0. The van der Waals surface area contributed by atoms with Crippen molar-refractivity contribution >= 4 is 27.2 Å². The second-order valence-electron chi connectivity index (χ2n) is 5.15. The standard InChI is InChI=1S/C14H19FN2O2S2/c15-11-7-6-8-12(13(11)14(16)20)21(18,19)17-9-4-2-1-3-5-10-17/h6-8H,1-5,9-10H2,(H2,16,20). The SMILES string of the molecule is NC(=S)c1c(F)cccc1S(=O)(=O)N1CCCCCCC1. The fraction of sp³-hybridized carbons (Fsp3) is 0.500. The Hall–Kier alpha value is -1.05. The fourth-order valence-corrected chi connectivity index (χ4v) is 4.56. The molecule has 0 radical (unpaired) electrons. The number of sulfonamides is 1. The Morgan fingerprint density at radius 1 is 1.14 bits per heavy atom.